The van der Waals surface area contributed by atoms with Crippen LogP contribution in [0, 0.1) is 0 Å². The number of rotatable bonds is 7. The van der Waals surface area contributed by atoms with E-state index >= 15 is 0 Å². The van der Waals surface area contributed by atoms with E-state index < -0.39 is 6.10 Å². The Morgan fingerprint density at radius 2 is 2.00 bits per heavy atom. The van der Waals surface area contributed by atoms with Crippen molar-refractivity contribution in [2.24, 2.45) is 4.99 Å². The van der Waals surface area contributed by atoms with Crippen LogP contribution in [0.3, 0.4) is 0 Å². The van der Waals surface area contributed by atoms with Crippen LogP contribution in [-0.4, -0.2) is 43.2 Å². The van der Waals surface area contributed by atoms with Crippen molar-refractivity contribution in [3.8, 4) is 0 Å². The number of halogens is 1. The Morgan fingerprint density at radius 3 is 2.65 bits per heavy atom. The van der Waals surface area contributed by atoms with Crippen LogP contribution >= 0.6 is 35.3 Å². The lowest BCUT2D eigenvalue weighted by Crippen LogP contribution is -2.41. The Morgan fingerprint density at radius 1 is 1.27 bits per heavy atom. The number of aliphatic imine (C=N–C) groups is 1. The van der Waals surface area contributed by atoms with Gasteiger partial charge in [-0.05, 0) is 31.4 Å². The van der Waals surface area contributed by atoms with Crippen LogP contribution in [-0.2, 0) is 4.79 Å². The fourth-order valence-electron chi connectivity index (χ4n) is 2.37. The first-order valence-electron chi connectivity index (χ1n) is 8.40. The molecule has 4 N–H and O–H groups in total. The Hall–Kier alpha value is -1.39. The number of hydrogen-bond donors (Lipinski definition) is 4. The zero-order chi connectivity index (χ0) is 18.2. The van der Waals surface area contributed by atoms with E-state index in [4.69, 9.17) is 0 Å². The number of nitrogens with zero attached hydrogens (tertiary/aromatic N) is 1. The minimum atomic E-state index is -0.611. The molecule has 0 aliphatic carbocycles. The summed E-state index contributed by atoms with van der Waals surface area (Å²) < 4.78 is 1.16. The summed E-state index contributed by atoms with van der Waals surface area (Å²) in [6.07, 6.45) is -0.238. The van der Waals surface area contributed by atoms with Crippen molar-refractivity contribution in [1.82, 2.24) is 16.0 Å². The summed E-state index contributed by atoms with van der Waals surface area (Å²) in [6, 6.07) is 10.2. The van der Waals surface area contributed by atoms with Crippen molar-refractivity contribution >= 4 is 57.3 Å². The molecule has 2 rings (SSSR count). The molecule has 1 atom stereocenters. The average Bonchev–Trinajstić information content (AvgIpc) is 3.01. The molecule has 0 saturated heterocycles. The van der Waals surface area contributed by atoms with Crippen molar-refractivity contribution in [3.05, 3.63) is 35.2 Å². The van der Waals surface area contributed by atoms with Crippen LogP contribution < -0.4 is 16.0 Å². The fourth-order valence-corrected chi connectivity index (χ4v) is 3.42. The lowest BCUT2D eigenvalue weighted by atomic mass is 10.2. The van der Waals surface area contributed by atoms with Crippen molar-refractivity contribution in [3.63, 3.8) is 0 Å². The van der Waals surface area contributed by atoms with Crippen LogP contribution in [0.25, 0.3) is 10.1 Å². The van der Waals surface area contributed by atoms with E-state index in [1.165, 1.54) is 0 Å². The third-order valence-electron chi connectivity index (χ3n) is 3.55. The molecule has 0 saturated carbocycles. The van der Waals surface area contributed by atoms with Gasteiger partial charge in [0.05, 0.1) is 0 Å². The van der Waals surface area contributed by atoms with Crippen molar-refractivity contribution in [2.75, 3.05) is 20.1 Å². The summed E-state index contributed by atoms with van der Waals surface area (Å²) in [4.78, 5) is 16.6. The second kappa shape index (κ2) is 11.3. The molecule has 1 aromatic heterocycles. The molecule has 0 aliphatic heterocycles. The molecule has 0 aliphatic rings. The number of carbonyl (C=O) groups is 1. The molecule has 1 unspecified atom stereocenters. The molecule has 8 heteroatoms. The van der Waals surface area contributed by atoms with E-state index in [0.29, 0.717) is 25.5 Å². The fraction of sp³-hybridized carbons (Fsp3) is 0.444. The minimum Gasteiger partial charge on any atom is -0.386 e. The average molecular weight is 490 g/mol. The lowest BCUT2D eigenvalue weighted by molar-refractivity contribution is -0.121. The van der Waals surface area contributed by atoms with E-state index in [9.17, 15) is 9.90 Å². The van der Waals surface area contributed by atoms with Crippen molar-refractivity contribution in [1.29, 1.82) is 0 Å². The van der Waals surface area contributed by atoms with E-state index in [1.807, 2.05) is 44.2 Å². The summed E-state index contributed by atoms with van der Waals surface area (Å²) in [7, 11) is 1.66. The van der Waals surface area contributed by atoms with Crippen LogP contribution in [0.4, 0.5) is 0 Å². The molecule has 0 radical (unpaired) electrons. The summed E-state index contributed by atoms with van der Waals surface area (Å²) in [5, 5.41) is 20.5. The molecule has 1 aromatic carbocycles. The lowest BCUT2D eigenvalue weighted by Gasteiger charge is -2.15. The van der Waals surface area contributed by atoms with Gasteiger partial charge in [-0.15, -0.1) is 35.3 Å². The third kappa shape index (κ3) is 7.08. The van der Waals surface area contributed by atoms with Gasteiger partial charge in [-0.1, -0.05) is 18.2 Å². The summed E-state index contributed by atoms with van der Waals surface area (Å²) in [6.45, 7) is 4.70. The highest BCUT2D eigenvalue weighted by Gasteiger charge is 2.12. The van der Waals surface area contributed by atoms with E-state index in [-0.39, 0.29) is 35.9 Å². The summed E-state index contributed by atoms with van der Waals surface area (Å²) >= 11 is 1.59. The third-order valence-corrected chi connectivity index (χ3v) is 4.77. The van der Waals surface area contributed by atoms with Gasteiger partial charge in [0.2, 0.25) is 5.91 Å². The highest BCUT2D eigenvalue weighted by Crippen LogP contribution is 2.29. The smallest absolute Gasteiger partial charge is 0.221 e. The van der Waals surface area contributed by atoms with E-state index in [1.54, 1.807) is 18.4 Å². The number of carbonyl (C=O) groups excluding carboxylic acids is 1. The van der Waals surface area contributed by atoms with Gasteiger partial charge >= 0.3 is 0 Å². The molecular weight excluding hydrogens is 463 g/mol. The molecule has 0 fully saturated rings. The zero-order valence-electron chi connectivity index (χ0n) is 15.3. The van der Waals surface area contributed by atoms with Crippen LogP contribution in [0.2, 0.25) is 0 Å². The molecule has 144 valence electrons. The predicted octanol–water partition coefficient (Wildman–Crippen LogP) is 2.63. The number of aliphatic hydroxyl groups is 1. The summed E-state index contributed by atoms with van der Waals surface area (Å²) in [5.41, 5.74) is 0. The van der Waals surface area contributed by atoms with Gasteiger partial charge in [0.1, 0.15) is 6.10 Å². The van der Waals surface area contributed by atoms with Crippen LogP contribution in [0.15, 0.2) is 35.3 Å². The van der Waals surface area contributed by atoms with E-state index in [0.717, 1.165) is 15.0 Å². The van der Waals surface area contributed by atoms with Crippen molar-refractivity contribution < 1.29 is 9.90 Å². The number of benzene rings is 1. The number of fused-ring (bicyclic) bond motifs is 1. The van der Waals surface area contributed by atoms with Gasteiger partial charge in [0.15, 0.2) is 5.96 Å². The normalized spacial score (nSPS) is 12.6. The predicted molar refractivity (Wildman–Crippen MR) is 119 cm³/mol. The number of hydrogen-bond acceptors (Lipinski definition) is 4. The second-order valence-electron chi connectivity index (χ2n) is 6.05. The zero-order valence-corrected chi connectivity index (χ0v) is 18.4. The van der Waals surface area contributed by atoms with Crippen LogP contribution in [0.1, 0.15) is 31.2 Å². The number of guanidine groups is 1. The first kappa shape index (κ1) is 22.7. The van der Waals surface area contributed by atoms with Gasteiger partial charge in [-0.3, -0.25) is 9.79 Å². The molecule has 0 bridgehead atoms. The number of nitrogens with one attached hydrogen (secondary N) is 3. The molecule has 0 spiro atoms. The molecule has 26 heavy (non-hydrogen) atoms. The van der Waals surface area contributed by atoms with E-state index in [2.05, 4.69) is 20.9 Å². The Balaban J connectivity index is 0.00000338. The maximum absolute atomic E-state index is 11.6. The highest BCUT2D eigenvalue weighted by atomic mass is 127. The first-order valence-corrected chi connectivity index (χ1v) is 9.21. The van der Waals surface area contributed by atoms with Gasteiger partial charge < -0.3 is 21.1 Å². The van der Waals surface area contributed by atoms with Gasteiger partial charge in [-0.2, -0.15) is 0 Å². The monoisotopic (exact) mass is 490 g/mol. The standard InChI is InChI=1S/C18H26N4O2S.HI/c1-12(2)22-17(24)8-9-20-18(19-3)21-11-14(23)16-10-13-6-4-5-7-15(13)25-16;/h4-7,10,12,14,23H,8-9,11H2,1-3H3,(H,22,24)(H2,19,20,21);1H. The molecule has 1 amide bonds. The molecule has 1 heterocycles. The topological polar surface area (TPSA) is 85.8 Å². The number of aliphatic hydroxyl groups excluding tert-OH is 1. The van der Waals surface area contributed by atoms with Crippen LogP contribution in [0.5, 0.6) is 0 Å². The number of thiophene rings is 1. The molecule has 6 nitrogen and oxygen atoms in total. The molecule has 2 aromatic rings. The first-order chi connectivity index (χ1) is 12.0. The Bertz CT molecular complexity index is 700. The summed E-state index contributed by atoms with van der Waals surface area (Å²) in [5.74, 6) is 0.570. The highest BCUT2D eigenvalue weighted by molar-refractivity contribution is 14.0. The largest absolute Gasteiger partial charge is 0.386 e. The van der Waals surface area contributed by atoms with Crippen molar-refractivity contribution in [2.45, 2.75) is 32.4 Å². The Labute approximate surface area is 175 Å². The SMILES string of the molecule is CN=C(NCCC(=O)NC(C)C)NCC(O)c1cc2ccccc2s1.I. The maximum Gasteiger partial charge on any atom is 0.221 e. The minimum absolute atomic E-state index is 0. The Kier molecular flexibility index (Phi) is 9.89. The van der Waals surface area contributed by atoms with Gasteiger partial charge in [-0.25, -0.2) is 0 Å². The molecular formula is C18H27IN4O2S. The number of amides is 1. The van der Waals surface area contributed by atoms with Gasteiger partial charge in [0, 0.05) is 42.2 Å². The second-order valence-corrected chi connectivity index (χ2v) is 7.17. The van der Waals surface area contributed by atoms with Gasteiger partial charge in [0.25, 0.3) is 0 Å². The maximum atomic E-state index is 11.6. The quantitative estimate of drug-likeness (QED) is 0.273.